The van der Waals surface area contributed by atoms with Crippen LogP contribution in [0.3, 0.4) is 0 Å². The second-order valence-electron chi connectivity index (χ2n) is 18.8. The van der Waals surface area contributed by atoms with Crippen molar-refractivity contribution in [2.75, 3.05) is 26.2 Å². The van der Waals surface area contributed by atoms with Gasteiger partial charge in [-0.25, -0.2) is 14.6 Å². The van der Waals surface area contributed by atoms with Crippen molar-refractivity contribution in [1.82, 2.24) is 35.3 Å². The smallest absolute Gasteiger partial charge is 0.408 e. The number of carbonyl (C=O) groups is 5. The fourth-order valence-electron chi connectivity index (χ4n) is 8.88. The summed E-state index contributed by atoms with van der Waals surface area (Å²) in [6.45, 7) is 12.8. The molecule has 14 heteroatoms. The molecule has 3 saturated heterocycles. The van der Waals surface area contributed by atoms with E-state index in [-0.39, 0.29) is 29.7 Å². The first kappa shape index (κ1) is 44.9. The topological polar surface area (TPSA) is 166 Å². The van der Waals surface area contributed by atoms with Crippen LogP contribution in [-0.2, 0) is 23.9 Å². The lowest BCUT2D eigenvalue weighted by Crippen LogP contribution is -2.52. The maximum absolute atomic E-state index is 14.2. The zero-order valence-corrected chi connectivity index (χ0v) is 37.3. The van der Waals surface area contributed by atoms with Crippen molar-refractivity contribution in [3.05, 3.63) is 114 Å². The van der Waals surface area contributed by atoms with Gasteiger partial charge in [0, 0.05) is 26.2 Å². The van der Waals surface area contributed by atoms with E-state index in [4.69, 9.17) is 14.5 Å². The number of amides is 5. The van der Waals surface area contributed by atoms with Crippen molar-refractivity contribution in [3.63, 3.8) is 0 Å². The van der Waals surface area contributed by atoms with Gasteiger partial charge < -0.3 is 39.8 Å². The minimum atomic E-state index is -0.981. The molecule has 3 fully saturated rings. The zero-order valence-electron chi connectivity index (χ0n) is 37.3. The number of imidazole rings is 1. The van der Waals surface area contributed by atoms with Crippen LogP contribution >= 0.6 is 0 Å². The molecule has 14 nitrogen and oxygen atoms in total. The predicted octanol–water partition coefficient (Wildman–Crippen LogP) is 7.97. The monoisotopic (exact) mass is 859 g/mol. The zero-order chi connectivity index (χ0) is 44.9. The van der Waals surface area contributed by atoms with Gasteiger partial charge in [0.2, 0.25) is 5.91 Å². The molecule has 3 aliphatic rings. The second kappa shape index (κ2) is 19.1. The quantitative estimate of drug-likeness (QED) is 0.144. The fourth-order valence-corrected chi connectivity index (χ4v) is 8.88. The first-order valence-electron chi connectivity index (χ1n) is 22.2. The predicted molar refractivity (Wildman–Crippen MR) is 238 cm³/mol. The average molecular weight is 860 g/mol. The Labute approximate surface area is 370 Å². The van der Waals surface area contributed by atoms with Crippen molar-refractivity contribution < 1.29 is 33.4 Å². The maximum atomic E-state index is 14.2. The molecule has 3 N–H and O–H groups in total. The van der Waals surface area contributed by atoms with Gasteiger partial charge in [0.1, 0.15) is 35.2 Å². The normalized spacial score (nSPS) is 19.3. The lowest BCUT2D eigenvalue weighted by atomic mass is 9.88. The molecule has 63 heavy (non-hydrogen) atoms. The number of carbonyl (C=O) groups excluding carboxylic acids is 5. The van der Waals surface area contributed by atoms with E-state index in [9.17, 15) is 24.0 Å². The molecule has 0 aliphatic carbocycles. The van der Waals surface area contributed by atoms with Gasteiger partial charge in [-0.1, -0.05) is 84.9 Å². The van der Waals surface area contributed by atoms with Crippen molar-refractivity contribution in [2.45, 2.75) is 121 Å². The van der Waals surface area contributed by atoms with Crippen LogP contribution in [0.4, 0.5) is 9.59 Å². The third kappa shape index (κ3) is 11.1. The Bertz CT molecular complexity index is 2230. The summed E-state index contributed by atoms with van der Waals surface area (Å²) in [5.41, 5.74) is 2.85. The Hall–Kier alpha value is -6.18. The molecule has 0 radical (unpaired) electrons. The van der Waals surface area contributed by atoms with E-state index in [1.54, 1.807) is 69.7 Å². The third-order valence-electron chi connectivity index (χ3n) is 11.8. The molecule has 5 amide bonds. The van der Waals surface area contributed by atoms with Crippen LogP contribution in [0.25, 0.3) is 11.3 Å². The molecule has 1 aromatic heterocycles. The molecule has 4 atom stereocenters. The highest BCUT2D eigenvalue weighted by molar-refractivity contribution is 5.93. The third-order valence-corrected chi connectivity index (χ3v) is 11.8. The highest BCUT2D eigenvalue weighted by Gasteiger charge is 2.42. The van der Waals surface area contributed by atoms with Crippen LogP contribution < -0.4 is 10.6 Å². The number of hydrogen-bond donors (Lipinski definition) is 3. The van der Waals surface area contributed by atoms with Crippen LogP contribution in [0.15, 0.2) is 91.1 Å². The lowest BCUT2D eigenvalue weighted by molar-refractivity contribution is -0.145. The summed E-state index contributed by atoms with van der Waals surface area (Å²) in [6.07, 6.45) is 4.87. The highest BCUT2D eigenvalue weighted by Crippen LogP contribution is 2.36. The standard InChI is InChI=1S/C49H61N7O7/c1-48(2,3)62-46(60)52-40(35-15-9-7-10-16-35)44(58)55-27-13-19-38(55)42-50-31-37(51-42)34-23-21-32(22-24-34)33-25-29-54(30-26-33)43(57)39-20-14-28-56(39)45(59)41(36-17-11-8-12-18-36)53-47(61)63-49(4,5)6/h7-12,15-18,21-24,31,33,38-41H,13-14,19-20,25-30H2,1-6H3,(H,50,51)(H,52,60)(H,53,61). The van der Waals surface area contributed by atoms with E-state index < -0.39 is 41.5 Å². The number of nitrogens with one attached hydrogen (secondary N) is 3. The van der Waals surface area contributed by atoms with Crippen LogP contribution in [0, 0.1) is 0 Å². The number of rotatable bonds is 10. The van der Waals surface area contributed by atoms with E-state index in [0.717, 1.165) is 36.9 Å². The highest BCUT2D eigenvalue weighted by atomic mass is 16.6. The van der Waals surface area contributed by atoms with Gasteiger partial charge in [-0.2, -0.15) is 0 Å². The van der Waals surface area contributed by atoms with E-state index in [1.807, 2.05) is 53.4 Å². The summed E-state index contributed by atoms with van der Waals surface area (Å²) < 4.78 is 11.0. The molecule has 4 unspecified atom stereocenters. The number of aromatic amines is 1. The summed E-state index contributed by atoms with van der Waals surface area (Å²) in [4.78, 5) is 81.6. The Morgan fingerprint density at radius 3 is 1.70 bits per heavy atom. The Morgan fingerprint density at radius 2 is 1.16 bits per heavy atom. The molecule has 0 saturated carbocycles. The van der Waals surface area contributed by atoms with Crippen molar-refractivity contribution in [2.24, 2.45) is 0 Å². The number of nitrogens with zero attached hydrogens (tertiary/aromatic N) is 4. The largest absolute Gasteiger partial charge is 0.444 e. The Kier molecular flexibility index (Phi) is 13.6. The Morgan fingerprint density at radius 1 is 0.651 bits per heavy atom. The van der Waals surface area contributed by atoms with Gasteiger partial charge in [-0.15, -0.1) is 0 Å². The first-order chi connectivity index (χ1) is 30.0. The molecule has 4 heterocycles. The summed E-state index contributed by atoms with van der Waals surface area (Å²) in [6, 6.07) is 23.9. The van der Waals surface area contributed by atoms with Gasteiger partial charge in [0.05, 0.1) is 17.9 Å². The SMILES string of the molecule is CC(C)(C)OC(=O)NC(C(=O)N1CCCC1C(=O)N1CCC(c2ccc(-c3cnc(C4CCCN4C(=O)C(NC(=O)OC(C)(C)C)c4ccccc4)[nH]3)cc2)CC1)c1ccccc1. The maximum Gasteiger partial charge on any atom is 0.408 e. The molecule has 4 aromatic rings. The minimum absolute atomic E-state index is 0.0498. The van der Waals surface area contributed by atoms with Gasteiger partial charge in [0.25, 0.3) is 11.8 Å². The van der Waals surface area contributed by atoms with Crippen LogP contribution in [0.1, 0.15) is 127 Å². The summed E-state index contributed by atoms with van der Waals surface area (Å²) in [7, 11) is 0. The number of ether oxygens (including phenoxy) is 2. The van der Waals surface area contributed by atoms with E-state index >= 15 is 0 Å². The number of aromatic nitrogens is 2. The fraction of sp³-hybridized carbons (Fsp3) is 0.469. The minimum Gasteiger partial charge on any atom is -0.444 e. The lowest BCUT2D eigenvalue weighted by Gasteiger charge is -2.36. The second-order valence-corrected chi connectivity index (χ2v) is 18.8. The average Bonchev–Trinajstić information content (AvgIpc) is 4.06. The van der Waals surface area contributed by atoms with Gasteiger partial charge in [0.15, 0.2) is 0 Å². The summed E-state index contributed by atoms with van der Waals surface area (Å²) in [5, 5.41) is 5.59. The number of H-pyrrole nitrogens is 1. The number of alkyl carbamates (subject to hydrolysis) is 2. The van der Waals surface area contributed by atoms with Gasteiger partial charge in [-0.05, 0) is 108 Å². The molecule has 0 spiro atoms. The van der Waals surface area contributed by atoms with Crippen molar-refractivity contribution in [3.8, 4) is 11.3 Å². The van der Waals surface area contributed by atoms with Crippen molar-refractivity contribution in [1.29, 1.82) is 0 Å². The molecular weight excluding hydrogens is 799 g/mol. The number of benzene rings is 3. The molecular formula is C49H61N7O7. The molecule has 334 valence electrons. The molecule has 3 aliphatic heterocycles. The summed E-state index contributed by atoms with van der Waals surface area (Å²) in [5.74, 6) is 0.375. The molecule has 3 aromatic carbocycles. The van der Waals surface area contributed by atoms with E-state index in [2.05, 4.69) is 39.9 Å². The van der Waals surface area contributed by atoms with Gasteiger partial charge in [-0.3, -0.25) is 14.4 Å². The number of piperidine rings is 1. The first-order valence-corrected chi connectivity index (χ1v) is 22.2. The Balaban J connectivity index is 0.962. The van der Waals surface area contributed by atoms with Crippen LogP contribution in [0.2, 0.25) is 0 Å². The van der Waals surface area contributed by atoms with E-state index in [0.29, 0.717) is 56.0 Å². The number of hydrogen-bond acceptors (Lipinski definition) is 8. The van der Waals surface area contributed by atoms with Crippen molar-refractivity contribution >= 4 is 29.9 Å². The van der Waals surface area contributed by atoms with Gasteiger partial charge >= 0.3 is 12.2 Å². The molecule has 7 rings (SSSR count). The van der Waals surface area contributed by atoms with Crippen LogP contribution in [0.5, 0.6) is 0 Å². The van der Waals surface area contributed by atoms with Crippen LogP contribution in [-0.4, -0.2) is 98.0 Å². The van der Waals surface area contributed by atoms with E-state index in [1.165, 1.54) is 5.56 Å². The summed E-state index contributed by atoms with van der Waals surface area (Å²) >= 11 is 0. The molecule has 0 bridgehead atoms. The number of likely N-dealkylation sites (tertiary alicyclic amines) is 3.